The van der Waals surface area contributed by atoms with Crippen LogP contribution in [0.4, 0.5) is 0 Å². The third-order valence-corrected chi connectivity index (χ3v) is 4.37. The number of carbonyl (C=O) groups is 1. The van der Waals surface area contributed by atoms with Crippen molar-refractivity contribution in [3.05, 3.63) is 33.8 Å². The molecule has 5 heteroatoms. The van der Waals surface area contributed by atoms with Crippen molar-refractivity contribution in [2.45, 2.75) is 13.0 Å². The molecule has 3 nitrogen and oxygen atoms in total. The summed E-state index contributed by atoms with van der Waals surface area (Å²) in [5, 5.41) is 9.70. The largest absolute Gasteiger partial charge is 0.480 e. The smallest absolute Gasteiger partial charge is 0.329 e. The van der Waals surface area contributed by atoms with Crippen LogP contribution < -0.4 is 0 Å². The fraction of sp³-hybridized carbons (Fsp3) is 0.273. The van der Waals surface area contributed by atoms with Crippen LogP contribution in [0.2, 0.25) is 0 Å². The molecule has 0 saturated heterocycles. The highest BCUT2D eigenvalue weighted by molar-refractivity contribution is 9.10. The summed E-state index contributed by atoms with van der Waals surface area (Å²) in [6.07, 6.45) is 0. The molecule has 1 N–H and O–H groups in total. The maximum absolute atomic E-state index is 10.8. The number of thioether (sulfide) groups is 1. The second-order valence-corrected chi connectivity index (χ2v) is 5.37. The zero-order valence-electron chi connectivity index (χ0n) is 8.61. The number of halogens is 1. The SMILES string of the molecule is Cc1c(Br)cccc1C1=NC(C(=O)O)CS1. The van der Waals surface area contributed by atoms with Crippen LogP contribution >= 0.6 is 27.7 Å². The monoisotopic (exact) mass is 299 g/mol. The number of carboxylic acids is 1. The van der Waals surface area contributed by atoms with Crippen molar-refractivity contribution in [2.75, 3.05) is 5.75 Å². The van der Waals surface area contributed by atoms with Crippen molar-refractivity contribution in [3.8, 4) is 0 Å². The number of nitrogens with zero attached hydrogens (tertiary/aromatic N) is 1. The quantitative estimate of drug-likeness (QED) is 0.913. The van der Waals surface area contributed by atoms with Crippen LogP contribution in [0.5, 0.6) is 0 Å². The number of rotatable bonds is 2. The minimum atomic E-state index is -0.852. The van der Waals surface area contributed by atoms with Gasteiger partial charge < -0.3 is 5.11 Å². The summed E-state index contributed by atoms with van der Waals surface area (Å²) < 4.78 is 1.02. The molecule has 1 aliphatic rings. The zero-order chi connectivity index (χ0) is 11.7. The van der Waals surface area contributed by atoms with Crippen molar-refractivity contribution in [1.29, 1.82) is 0 Å². The van der Waals surface area contributed by atoms with Crippen LogP contribution in [-0.2, 0) is 4.79 Å². The molecule has 2 rings (SSSR count). The summed E-state index contributed by atoms with van der Waals surface area (Å²) >= 11 is 4.96. The van der Waals surface area contributed by atoms with Gasteiger partial charge in [0.1, 0.15) is 0 Å². The van der Waals surface area contributed by atoms with E-state index >= 15 is 0 Å². The molecule has 84 valence electrons. The van der Waals surface area contributed by atoms with Crippen molar-refractivity contribution in [2.24, 2.45) is 4.99 Å². The molecule has 0 amide bonds. The van der Waals surface area contributed by atoms with E-state index < -0.39 is 12.0 Å². The van der Waals surface area contributed by atoms with E-state index in [0.717, 1.165) is 20.6 Å². The van der Waals surface area contributed by atoms with Gasteiger partial charge in [-0.05, 0) is 18.6 Å². The molecule has 0 saturated carbocycles. The Bertz CT molecular complexity index is 473. The molecule has 16 heavy (non-hydrogen) atoms. The van der Waals surface area contributed by atoms with Crippen LogP contribution in [0.15, 0.2) is 27.7 Å². The second-order valence-electron chi connectivity index (χ2n) is 3.51. The van der Waals surface area contributed by atoms with Gasteiger partial charge in [0.05, 0.1) is 5.04 Å². The van der Waals surface area contributed by atoms with E-state index in [1.807, 2.05) is 25.1 Å². The van der Waals surface area contributed by atoms with Gasteiger partial charge in [-0.25, -0.2) is 4.79 Å². The van der Waals surface area contributed by atoms with Crippen molar-refractivity contribution < 1.29 is 9.90 Å². The van der Waals surface area contributed by atoms with E-state index in [1.54, 1.807) is 0 Å². The maximum atomic E-state index is 10.8. The number of aliphatic carboxylic acids is 1. The molecule has 1 atom stereocenters. The van der Waals surface area contributed by atoms with Crippen molar-refractivity contribution in [3.63, 3.8) is 0 Å². The van der Waals surface area contributed by atoms with E-state index in [2.05, 4.69) is 20.9 Å². The fourth-order valence-corrected chi connectivity index (χ4v) is 2.96. The first kappa shape index (κ1) is 11.7. The second kappa shape index (κ2) is 4.59. The van der Waals surface area contributed by atoms with Gasteiger partial charge in [-0.3, -0.25) is 4.99 Å². The summed E-state index contributed by atoms with van der Waals surface area (Å²) in [6, 6.07) is 5.27. The van der Waals surface area contributed by atoms with Gasteiger partial charge in [0.25, 0.3) is 0 Å². The molecule has 0 spiro atoms. The number of aliphatic imine (C=N–C) groups is 1. The zero-order valence-corrected chi connectivity index (χ0v) is 11.0. The molecule has 0 bridgehead atoms. The molecular formula is C11H10BrNO2S. The highest BCUT2D eigenvalue weighted by Gasteiger charge is 2.25. The first-order valence-electron chi connectivity index (χ1n) is 4.78. The van der Waals surface area contributed by atoms with E-state index in [-0.39, 0.29) is 0 Å². The topological polar surface area (TPSA) is 49.7 Å². The van der Waals surface area contributed by atoms with Gasteiger partial charge in [0, 0.05) is 15.8 Å². The number of hydrogen-bond acceptors (Lipinski definition) is 3. The Morgan fingerprint density at radius 2 is 2.38 bits per heavy atom. The molecule has 0 radical (unpaired) electrons. The van der Waals surface area contributed by atoms with Crippen LogP contribution in [0, 0.1) is 6.92 Å². The van der Waals surface area contributed by atoms with Gasteiger partial charge >= 0.3 is 5.97 Å². The molecule has 1 heterocycles. The van der Waals surface area contributed by atoms with Gasteiger partial charge in [0.15, 0.2) is 6.04 Å². The molecule has 1 aromatic rings. The molecule has 1 aliphatic heterocycles. The fourth-order valence-electron chi connectivity index (χ4n) is 1.49. The Morgan fingerprint density at radius 1 is 1.62 bits per heavy atom. The van der Waals surface area contributed by atoms with Gasteiger partial charge in [-0.1, -0.05) is 28.1 Å². The Kier molecular flexibility index (Phi) is 3.35. The van der Waals surface area contributed by atoms with E-state index in [9.17, 15) is 4.79 Å². The van der Waals surface area contributed by atoms with E-state index in [0.29, 0.717) is 5.75 Å². The van der Waals surface area contributed by atoms with Crippen LogP contribution in [-0.4, -0.2) is 27.9 Å². The van der Waals surface area contributed by atoms with Crippen molar-refractivity contribution >= 4 is 38.7 Å². The summed E-state index contributed by atoms with van der Waals surface area (Å²) in [7, 11) is 0. The number of hydrogen-bond donors (Lipinski definition) is 1. The van der Waals surface area contributed by atoms with Gasteiger partial charge in [-0.2, -0.15) is 0 Å². The predicted molar refractivity (Wildman–Crippen MR) is 69.3 cm³/mol. The summed E-state index contributed by atoms with van der Waals surface area (Å²) in [5.41, 5.74) is 2.11. The average molecular weight is 300 g/mol. The standard InChI is InChI=1S/C11H10BrNO2S/c1-6-7(3-2-4-8(6)12)10-13-9(5-16-10)11(14)15/h2-4,9H,5H2,1H3,(H,14,15). The van der Waals surface area contributed by atoms with E-state index in [1.165, 1.54) is 11.8 Å². The highest BCUT2D eigenvalue weighted by Crippen LogP contribution is 2.28. The van der Waals surface area contributed by atoms with Gasteiger partial charge in [0.2, 0.25) is 0 Å². The van der Waals surface area contributed by atoms with Crippen LogP contribution in [0.1, 0.15) is 11.1 Å². The minimum Gasteiger partial charge on any atom is -0.480 e. The summed E-state index contributed by atoms with van der Waals surface area (Å²) in [6.45, 7) is 2.00. The average Bonchev–Trinajstić information content (AvgIpc) is 2.71. The Labute approximate surface area is 106 Å². The molecule has 1 aromatic carbocycles. The van der Waals surface area contributed by atoms with Crippen molar-refractivity contribution in [1.82, 2.24) is 0 Å². The molecular weight excluding hydrogens is 290 g/mol. The maximum Gasteiger partial charge on any atom is 0.329 e. The molecule has 0 fully saturated rings. The highest BCUT2D eigenvalue weighted by atomic mass is 79.9. The molecule has 1 unspecified atom stereocenters. The third-order valence-electron chi connectivity index (χ3n) is 2.43. The predicted octanol–water partition coefficient (Wildman–Crippen LogP) is 2.70. The Balaban J connectivity index is 2.36. The summed E-state index contributed by atoms with van der Waals surface area (Å²) in [4.78, 5) is 15.0. The Morgan fingerprint density at radius 3 is 3.00 bits per heavy atom. The lowest BCUT2D eigenvalue weighted by Crippen LogP contribution is -2.17. The van der Waals surface area contributed by atoms with Gasteiger partial charge in [-0.15, -0.1) is 11.8 Å². The normalized spacial score (nSPS) is 19.6. The molecule has 0 aromatic heterocycles. The van der Waals surface area contributed by atoms with E-state index in [4.69, 9.17) is 5.11 Å². The summed E-state index contributed by atoms with van der Waals surface area (Å²) in [5.74, 6) is -0.327. The minimum absolute atomic E-state index is 0.524. The lowest BCUT2D eigenvalue weighted by molar-refractivity contribution is -0.137. The molecule has 0 aliphatic carbocycles. The first-order chi connectivity index (χ1) is 7.59. The van der Waals surface area contributed by atoms with Crippen LogP contribution in [0.3, 0.4) is 0 Å². The third kappa shape index (κ3) is 2.15. The lowest BCUT2D eigenvalue weighted by Gasteiger charge is -2.05. The van der Waals surface area contributed by atoms with Crippen LogP contribution in [0.25, 0.3) is 0 Å². The lowest BCUT2D eigenvalue weighted by atomic mass is 10.1. The Hall–Kier alpha value is -0.810. The number of carboxylic acid groups (broad SMARTS) is 1. The first-order valence-corrected chi connectivity index (χ1v) is 6.56. The number of benzene rings is 1.